The zero-order valence-electron chi connectivity index (χ0n) is 9.40. The standard InChI is InChI=1S/C10H13BrN2O3S.Na.H/c1-7(2)17(15,16)13-10(14)12-9-5-3-8(11)4-6-9;;/h3-7H,1-2H3,(H2,12,13,14);;. The van der Waals surface area contributed by atoms with Gasteiger partial charge in [0.15, 0.2) is 0 Å². The number of benzene rings is 1. The van der Waals surface area contributed by atoms with Crippen molar-refractivity contribution in [2.24, 2.45) is 0 Å². The molecule has 0 atom stereocenters. The molecule has 0 aromatic heterocycles. The van der Waals surface area contributed by atoms with Crippen LogP contribution in [0.3, 0.4) is 0 Å². The summed E-state index contributed by atoms with van der Waals surface area (Å²) in [6.45, 7) is 2.99. The molecule has 1 aromatic rings. The molecule has 0 unspecified atom stereocenters. The molecule has 96 valence electrons. The first-order valence-electron chi connectivity index (χ1n) is 4.89. The Hall–Kier alpha value is -0.0800. The van der Waals surface area contributed by atoms with Crippen molar-refractivity contribution in [2.45, 2.75) is 19.1 Å². The van der Waals surface area contributed by atoms with E-state index >= 15 is 0 Å². The predicted molar refractivity (Wildman–Crippen MR) is 77.5 cm³/mol. The van der Waals surface area contributed by atoms with Gasteiger partial charge in [-0.15, -0.1) is 0 Å². The van der Waals surface area contributed by atoms with E-state index in [2.05, 4.69) is 21.2 Å². The first-order valence-corrected chi connectivity index (χ1v) is 7.23. The van der Waals surface area contributed by atoms with Crippen LogP contribution in [0.5, 0.6) is 0 Å². The van der Waals surface area contributed by atoms with Gasteiger partial charge in [-0.2, -0.15) is 0 Å². The first-order chi connectivity index (χ1) is 7.81. The number of halogens is 1. The van der Waals surface area contributed by atoms with E-state index < -0.39 is 21.3 Å². The van der Waals surface area contributed by atoms with Crippen LogP contribution in [0.25, 0.3) is 0 Å². The number of hydrogen-bond donors (Lipinski definition) is 2. The normalized spacial score (nSPS) is 10.7. The maximum atomic E-state index is 11.4. The van der Waals surface area contributed by atoms with Crippen LogP contribution in [0.1, 0.15) is 13.8 Å². The second-order valence-corrected chi connectivity index (χ2v) is 6.81. The van der Waals surface area contributed by atoms with E-state index in [0.29, 0.717) is 5.69 Å². The molecule has 0 saturated heterocycles. The van der Waals surface area contributed by atoms with Gasteiger partial charge in [-0.3, -0.25) is 0 Å². The molecule has 0 radical (unpaired) electrons. The van der Waals surface area contributed by atoms with Gasteiger partial charge < -0.3 is 5.32 Å². The van der Waals surface area contributed by atoms with Crippen molar-refractivity contribution in [3.8, 4) is 0 Å². The number of carbonyl (C=O) groups excluding carboxylic acids is 1. The van der Waals surface area contributed by atoms with Crippen molar-refractivity contribution in [3.05, 3.63) is 28.7 Å². The Morgan fingerprint density at radius 3 is 2.17 bits per heavy atom. The molecule has 0 fully saturated rings. The first kappa shape index (κ1) is 17.9. The summed E-state index contributed by atoms with van der Waals surface area (Å²) in [5.41, 5.74) is 0.518. The molecule has 0 heterocycles. The second kappa shape index (κ2) is 7.49. The number of urea groups is 1. The summed E-state index contributed by atoms with van der Waals surface area (Å²) >= 11 is 3.26. The van der Waals surface area contributed by atoms with Crippen molar-refractivity contribution in [1.82, 2.24) is 4.72 Å². The maximum absolute atomic E-state index is 11.4. The van der Waals surface area contributed by atoms with E-state index in [9.17, 15) is 13.2 Å². The average molecular weight is 345 g/mol. The molecule has 1 aromatic carbocycles. The third-order valence-electron chi connectivity index (χ3n) is 1.96. The van der Waals surface area contributed by atoms with E-state index in [1.165, 1.54) is 13.8 Å². The van der Waals surface area contributed by atoms with Crippen LogP contribution in [0.4, 0.5) is 10.5 Å². The minimum absolute atomic E-state index is 0. The van der Waals surface area contributed by atoms with Gasteiger partial charge in [0.1, 0.15) is 0 Å². The predicted octanol–water partition coefficient (Wildman–Crippen LogP) is 1.66. The molecule has 8 heteroatoms. The Balaban J connectivity index is 0.00000289. The molecule has 0 spiro atoms. The zero-order valence-corrected chi connectivity index (χ0v) is 11.8. The van der Waals surface area contributed by atoms with Gasteiger partial charge in [-0.1, -0.05) is 15.9 Å². The summed E-state index contributed by atoms with van der Waals surface area (Å²) in [6, 6.07) is 6.04. The van der Waals surface area contributed by atoms with Crippen LogP contribution < -0.4 is 10.0 Å². The van der Waals surface area contributed by atoms with Crippen LogP contribution in [0.2, 0.25) is 0 Å². The monoisotopic (exact) mass is 344 g/mol. The van der Waals surface area contributed by atoms with Crippen LogP contribution in [-0.4, -0.2) is 49.3 Å². The van der Waals surface area contributed by atoms with Crippen molar-refractivity contribution in [1.29, 1.82) is 0 Å². The van der Waals surface area contributed by atoms with E-state index in [1.807, 2.05) is 4.72 Å². The fraction of sp³-hybridized carbons (Fsp3) is 0.300. The Kier molecular flexibility index (Phi) is 7.46. The van der Waals surface area contributed by atoms with Gasteiger partial charge in [0.2, 0.25) is 10.0 Å². The molecular weight excluding hydrogens is 331 g/mol. The van der Waals surface area contributed by atoms with E-state index in [4.69, 9.17) is 0 Å². The van der Waals surface area contributed by atoms with Crippen LogP contribution in [0.15, 0.2) is 28.7 Å². The van der Waals surface area contributed by atoms with Crippen LogP contribution >= 0.6 is 15.9 Å². The fourth-order valence-electron chi connectivity index (χ4n) is 0.937. The minimum atomic E-state index is -3.60. The number of nitrogens with one attached hydrogen (secondary N) is 2. The summed E-state index contributed by atoms with van der Waals surface area (Å²) in [7, 11) is -3.60. The fourth-order valence-corrected chi connectivity index (χ4v) is 1.75. The third-order valence-corrected chi connectivity index (χ3v) is 4.20. The number of anilines is 1. The topological polar surface area (TPSA) is 75.3 Å². The zero-order chi connectivity index (χ0) is 13.1. The van der Waals surface area contributed by atoms with Gasteiger partial charge in [0.05, 0.1) is 5.25 Å². The van der Waals surface area contributed by atoms with Gasteiger partial charge in [-0.05, 0) is 38.1 Å². The number of hydrogen-bond acceptors (Lipinski definition) is 3. The average Bonchev–Trinajstić information content (AvgIpc) is 2.20. The number of rotatable bonds is 3. The summed E-state index contributed by atoms with van der Waals surface area (Å²) in [5, 5.41) is 1.78. The van der Waals surface area contributed by atoms with Gasteiger partial charge in [0, 0.05) is 10.2 Å². The Labute approximate surface area is 137 Å². The van der Waals surface area contributed by atoms with E-state index in [0.717, 1.165) is 4.47 Å². The molecule has 2 N–H and O–H groups in total. The van der Waals surface area contributed by atoms with Crippen molar-refractivity contribution in [3.63, 3.8) is 0 Å². The summed E-state index contributed by atoms with van der Waals surface area (Å²) in [4.78, 5) is 11.4. The molecule has 1 rings (SSSR count). The van der Waals surface area contributed by atoms with Crippen molar-refractivity contribution < 1.29 is 13.2 Å². The van der Waals surface area contributed by atoms with Gasteiger partial charge >= 0.3 is 35.6 Å². The molecule has 0 aliphatic carbocycles. The van der Waals surface area contributed by atoms with Crippen LogP contribution in [-0.2, 0) is 10.0 Å². The quantitative estimate of drug-likeness (QED) is 0.819. The van der Waals surface area contributed by atoms with E-state index in [-0.39, 0.29) is 29.6 Å². The van der Waals surface area contributed by atoms with Crippen molar-refractivity contribution in [2.75, 3.05) is 5.32 Å². The van der Waals surface area contributed by atoms with Gasteiger partial charge in [-0.25, -0.2) is 17.9 Å². The molecule has 0 aliphatic heterocycles. The summed E-state index contributed by atoms with van der Waals surface area (Å²) < 4.78 is 25.6. The molecule has 5 nitrogen and oxygen atoms in total. The molecule has 0 aliphatic rings. The Bertz CT molecular complexity index is 502. The van der Waals surface area contributed by atoms with E-state index in [1.54, 1.807) is 24.3 Å². The second-order valence-electron chi connectivity index (χ2n) is 3.66. The Morgan fingerprint density at radius 2 is 1.72 bits per heavy atom. The number of sulfonamides is 1. The van der Waals surface area contributed by atoms with Gasteiger partial charge in [0.25, 0.3) is 0 Å². The molecule has 18 heavy (non-hydrogen) atoms. The Morgan fingerprint density at radius 1 is 1.22 bits per heavy atom. The number of amides is 2. The number of carbonyl (C=O) groups is 1. The molecule has 0 bridgehead atoms. The summed E-state index contributed by atoms with van der Waals surface area (Å²) in [5.74, 6) is 0. The summed E-state index contributed by atoms with van der Waals surface area (Å²) in [6.07, 6.45) is 0. The SMILES string of the molecule is CC(C)S(=O)(=O)NC(=O)Nc1ccc(Br)cc1.[NaH]. The molecule has 0 saturated carbocycles. The third kappa shape index (κ3) is 5.71. The van der Waals surface area contributed by atoms with Crippen molar-refractivity contribution >= 4 is 67.2 Å². The van der Waals surface area contributed by atoms with Crippen LogP contribution in [0, 0.1) is 0 Å². The molecular formula is C10H14BrN2NaO3S. The molecule has 2 amide bonds.